The van der Waals surface area contributed by atoms with E-state index in [1.165, 1.54) is 34.9 Å². The zero-order chi connectivity index (χ0) is 27.3. The van der Waals surface area contributed by atoms with Gasteiger partial charge in [-0.1, -0.05) is 71.4 Å². The Morgan fingerprint density at radius 2 is 0.821 bits per heavy atom. The van der Waals surface area contributed by atoms with Crippen LogP contribution < -0.4 is 0 Å². The molecule has 0 radical (unpaired) electrons. The summed E-state index contributed by atoms with van der Waals surface area (Å²) in [7, 11) is 0. The maximum Gasteiger partial charge on any atom is 0.338 e. The number of hydrogen-bond acceptors (Lipinski definition) is 6. The second-order valence-electron chi connectivity index (χ2n) is 9.89. The summed E-state index contributed by atoms with van der Waals surface area (Å²) in [5.41, 5.74) is 4.30. The smallest absolute Gasteiger partial charge is 0.338 e. The molecule has 6 nitrogen and oxygen atoms in total. The van der Waals surface area contributed by atoms with Crippen LogP contribution in [0.1, 0.15) is 88.9 Å². The van der Waals surface area contributed by atoms with Crippen LogP contribution in [0.2, 0.25) is 0 Å². The Morgan fingerprint density at radius 3 is 1.08 bits per heavy atom. The van der Waals surface area contributed by atoms with Crippen molar-refractivity contribution in [1.82, 2.24) is 0 Å². The number of carbonyl (C=O) groups is 3. The summed E-state index contributed by atoms with van der Waals surface area (Å²) >= 11 is 0. The van der Waals surface area contributed by atoms with Crippen molar-refractivity contribution in [3.8, 4) is 0 Å². The third-order valence-electron chi connectivity index (χ3n) is 6.81. The fraction of sp³-hybridized carbons (Fsp3) is 0.364. The van der Waals surface area contributed by atoms with Crippen LogP contribution in [0, 0.1) is 0 Å². The van der Waals surface area contributed by atoms with Crippen molar-refractivity contribution in [3.05, 3.63) is 106 Å². The van der Waals surface area contributed by atoms with Gasteiger partial charge in [0.25, 0.3) is 0 Å². The normalized spacial score (nSPS) is 15.2. The summed E-state index contributed by atoms with van der Waals surface area (Å²) in [4.78, 5) is 38.5. The van der Waals surface area contributed by atoms with Crippen molar-refractivity contribution < 1.29 is 28.6 Å². The van der Waals surface area contributed by atoms with E-state index in [-0.39, 0.29) is 36.5 Å². The fourth-order valence-electron chi connectivity index (χ4n) is 4.65. The predicted molar refractivity (Wildman–Crippen MR) is 151 cm³/mol. The maximum atomic E-state index is 12.8. The molecule has 0 heterocycles. The molecule has 4 rings (SSSR count). The molecule has 0 aromatic heterocycles. The Kier molecular flexibility index (Phi) is 10.7. The first-order valence-corrected chi connectivity index (χ1v) is 13.8. The first-order chi connectivity index (χ1) is 19.1. The average molecular weight is 529 g/mol. The molecule has 0 atom stereocenters. The third kappa shape index (κ3) is 9.10. The highest BCUT2D eigenvalue weighted by Gasteiger charge is 2.19. The van der Waals surface area contributed by atoms with Gasteiger partial charge < -0.3 is 14.2 Å². The van der Waals surface area contributed by atoms with Crippen molar-refractivity contribution in [2.24, 2.45) is 0 Å². The Morgan fingerprint density at radius 1 is 0.513 bits per heavy atom. The Labute approximate surface area is 230 Å². The minimum absolute atomic E-state index is 0.127. The summed E-state index contributed by atoms with van der Waals surface area (Å²) in [6.07, 6.45) is 26.1. The highest BCUT2D eigenvalue weighted by Crippen LogP contribution is 2.20. The largest absolute Gasteiger partial charge is 0.462 e. The molecule has 0 aliphatic heterocycles. The summed E-state index contributed by atoms with van der Waals surface area (Å²) in [6, 6.07) is 4.27. The van der Waals surface area contributed by atoms with E-state index < -0.39 is 17.9 Å². The van der Waals surface area contributed by atoms with E-state index in [0.29, 0.717) is 19.3 Å². The number of allylic oxidation sites excluding steroid dienone is 12. The van der Waals surface area contributed by atoms with E-state index in [0.717, 1.165) is 38.5 Å². The lowest BCUT2D eigenvalue weighted by Gasteiger charge is -2.11. The topological polar surface area (TPSA) is 78.9 Å². The molecule has 3 aliphatic carbocycles. The van der Waals surface area contributed by atoms with Gasteiger partial charge in [0.1, 0.15) is 0 Å². The van der Waals surface area contributed by atoms with Crippen LogP contribution in [-0.4, -0.2) is 37.7 Å². The number of benzene rings is 1. The van der Waals surface area contributed by atoms with E-state index in [2.05, 4.69) is 36.5 Å². The second kappa shape index (κ2) is 14.9. The lowest BCUT2D eigenvalue weighted by atomic mass is 10.1. The summed E-state index contributed by atoms with van der Waals surface area (Å²) in [5.74, 6) is -1.75. The lowest BCUT2D eigenvalue weighted by Crippen LogP contribution is -2.14. The lowest BCUT2D eigenvalue weighted by molar-refractivity contribution is 0.0497. The van der Waals surface area contributed by atoms with Crippen LogP contribution >= 0.6 is 0 Å². The zero-order valence-electron chi connectivity index (χ0n) is 22.4. The molecule has 1 aromatic carbocycles. The van der Waals surface area contributed by atoms with Gasteiger partial charge in [-0.05, 0) is 76.0 Å². The highest BCUT2D eigenvalue weighted by atomic mass is 16.5. The van der Waals surface area contributed by atoms with E-state index in [1.54, 1.807) is 0 Å². The molecule has 1 aromatic rings. The molecular weight excluding hydrogens is 492 g/mol. The number of rotatable bonds is 15. The van der Waals surface area contributed by atoms with Gasteiger partial charge in [0.2, 0.25) is 0 Å². The Bertz CT molecular complexity index is 1080. The van der Waals surface area contributed by atoms with Gasteiger partial charge in [0.15, 0.2) is 0 Å². The van der Waals surface area contributed by atoms with E-state index in [1.807, 2.05) is 18.2 Å². The quantitative estimate of drug-likeness (QED) is 0.137. The molecule has 0 saturated carbocycles. The molecule has 0 unspecified atom stereocenters. The number of hydrogen-bond donors (Lipinski definition) is 0. The SMILES string of the molecule is O=C(OCCCC1=CC=CC1)c1cc(C(=O)OCCCC2=CC=CC2)cc(C(=O)OCCCC2=CC=CC2)c1. The number of carbonyl (C=O) groups excluding carboxylic acids is 3. The van der Waals surface area contributed by atoms with Gasteiger partial charge in [-0.25, -0.2) is 14.4 Å². The molecule has 39 heavy (non-hydrogen) atoms. The first kappa shape index (κ1) is 28.1. The predicted octanol–water partition coefficient (Wildman–Crippen LogP) is 7.16. The van der Waals surface area contributed by atoms with Crippen molar-refractivity contribution in [2.75, 3.05) is 19.8 Å². The first-order valence-electron chi connectivity index (χ1n) is 13.8. The van der Waals surface area contributed by atoms with Gasteiger partial charge in [-0.2, -0.15) is 0 Å². The summed E-state index contributed by atoms with van der Waals surface area (Å²) in [5, 5.41) is 0. The van der Waals surface area contributed by atoms with Gasteiger partial charge in [-0.15, -0.1) is 0 Å². The molecule has 0 N–H and O–H groups in total. The average Bonchev–Trinajstić information content (AvgIpc) is 3.75. The fourth-order valence-corrected chi connectivity index (χ4v) is 4.65. The molecule has 204 valence electrons. The maximum absolute atomic E-state index is 12.8. The van der Waals surface area contributed by atoms with Crippen LogP contribution in [0.5, 0.6) is 0 Å². The molecule has 0 spiro atoms. The molecule has 0 amide bonds. The van der Waals surface area contributed by atoms with Crippen LogP contribution in [0.25, 0.3) is 0 Å². The molecule has 3 aliphatic rings. The second-order valence-corrected chi connectivity index (χ2v) is 9.89. The van der Waals surface area contributed by atoms with Crippen molar-refractivity contribution in [1.29, 1.82) is 0 Å². The van der Waals surface area contributed by atoms with Gasteiger partial charge in [0, 0.05) is 0 Å². The molecule has 0 bridgehead atoms. The molecular formula is C33H36O6. The number of esters is 3. The van der Waals surface area contributed by atoms with Crippen LogP contribution in [-0.2, 0) is 14.2 Å². The van der Waals surface area contributed by atoms with Crippen LogP contribution in [0.4, 0.5) is 0 Å². The standard InChI is InChI=1S/C33H36O6/c34-31(37-19-7-16-25-10-1-2-11-25)28-22-29(32(35)38-20-8-17-26-12-3-4-13-26)24-30(23-28)33(36)39-21-9-18-27-14-5-6-15-27/h1-6,10,12,14,22-24H,7-9,11,13,15-21H2. The van der Waals surface area contributed by atoms with Crippen LogP contribution in [0.15, 0.2) is 89.6 Å². The van der Waals surface area contributed by atoms with Gasteiger partial charge in [-0.3, -0.25) is 0 Å². The monoisotopic (exact) mass is 528 g/mol. The van der Waals surface area contributed by atoms with Crippen LogP contribution in [0.3, 0.4) is 0 Å². The van der Waals surface area contributed by atoms with Gasteiger partial charge in [0.05, 0.1) is 36.5 Å². The van der Waals surface area contributed by atoms with Crippen molar-refractivity contribution in [2.45, 2.75) is 57.8 Å². The van der Waals surface area contributed by atoms with E-state index >= 15 is 0 Å². The zero-order valence-corrected chi connectivity index (χ0v) is 22.4. The van der Waals surface area contributed by atoms with Crippen molar-refractivity contribution >= 4 is 17.9 Å². The van der Waals surface area contributed by atoms with Crippen molar-refractivity contribution in [3.63, 3.8) is 0 Å². The summed E-state index contributed by atoms with van der Waals surface area (Å²) in [6.45, 7) is 0.750. The van der Waals surface area contributed by atoms with E-state index in [9.17, 15) is 14.4 Å². The highest BCUT2D eigenvalue weighted by molar-refractivity contribution is 6.00. The molecule has 6 heteroatoms. The summed E-state index contributed by atoms with van der Waals surface area (Å²) < 4.78 is 16.4. The minimum Gasteiger partial charge on any atom is -0.462 e. The third-order valence-corrected chi connectivity index (χ3v) is 6.81. The minimum atomic E-state index is -0.585. The van der Waals surface area contributed by atoms with Gasteiger partial charge >= 0.3 is 17.9 Å². The molecule has 0 fully saturated rings. The Balaban J connectivity index is 1.33. The molecule has 0 saturated heterocycles. The Hall–Kier alpha value is -3.93. The van der Waals surface area contributed by atoms with E-state index in [4.69, 9.17) is 14.2 Å². The number of ether oxygens (including phenoxy) is 3.